The van der Waals surface area contributed by atoms with Crippen LogP contribution in [0.5, 0.6) is 0 Å². The number of amides is 1. The number of rotatable bonds is 5. The lowest BCUT2D eigenvalue weighted by atomic mass is 10.1. The van der Waals surface area contributed by atoms with Crippen molar-refractivity contribution in [2.24, 2.45) is 0 Å². The summed E-state index contributed by atoms with van der Waals surface area (Å²) in [5.41, 5.74) is 0.413. The molecule has 1 atom stereocenters. The highest BCUT2D eigenvalue weighted by molar-refractivity contribution is 8.26. The molecule has 1 fully saturated rings. The molecule has 0 aromatic heterocycles. The van der Waals surface area contributed by atoms with E-state index in [1.54, 1.807) is 6.07 Å². The first kappa shape index (κ1) is 17.1. The SMILES string of the molecule is O=C(O)C[C@@H](C(=O)O)N1C(=O)/C(=C\c2cccc(F)c2)SC1=S. The third kappa shape index (κ3) is 3.93. The van der Waals surface area contributed by atoms with Crippen LogP contribution >= 0.6 is 24.0 Å². The molecule has 1 aliphatic heterocycles. The zero-order valence-electron chi connectivity index (χ0n) is 11.4. The molecule has 0 bridgehead atoms. The molecule has 120 valence electrons. The lowest BCUT2D eigenvalue weighted by molar-refractivity contribution is -0.150. The average Bonchev–Trinajstić information content (AvgIpc) is 2.71. The number of benzene rings is 1. The van der Waals surface area contributed by atoms with Gasteiger partial charge in [-0.05, 0) is 23.8 Å². The summed E-state index contributed by atoms with van der Waals surface area (Å²) in [6, 6.07) is 3.90. The summed E-state index contributed by atoms with van der Waals surface area (Å²) in [5.74, 6) is -4.02. The van der Waals surface area contributed by atoms with Gasteiger partial charge in [0.25, 0.3) is 5.91 Å². The number of thiocarbonyl (C=S) groups is 1. The topological polar surface area (TPSA) is 94.9 Å². The quantitative estimate of drug-likeness (QED) is 0.616. The largest absolute Gasteiger partial charge is 0.481 e. The molecular formula is C14H10FNO5S2. The summed E-state index contributed by atoms with van der Waals surface area (Å²) in [6.45, 7) is 0. The monoisotopic (exact) mass is 355 g/mol. The first-order chi connectivity index (χ1) is 10.8. The molecule has 0 saturated carbocycles. The second-order valence-corrected chi connectivity index (χ2v) is 6.23. The molecule has 9 heteroatoms. The van der Waals surface area contributed by atoms with Crippen molar-refractivity contribution in [1.82, 2.24) is 4.90 Å². The number of hydrogen-bond donors (Lipinski definition) is 2. The third-order valence-corrected chi connectivity index (χ3v) is 4.27. The summed E-state index contributed by atoms with van der Waals surface area (Å²) < 4.78 is 13.1. The van der Waals surface area contributed by atoms with Gasteiger partial charge >= 0.3 is 11.9 Å². The normalized spacial score (nSPS) is 17.6. The molecule has 0 spiro atoms. The van der Waals surface area contributed by atoms with Crippen LogP contribution in [0.3, 0.4) is 0 Å². The highest BCUT2D eigenvalue weighted by Gasteiger charge is 2.41. The molecule has 0 unspecified atom stereocenters. The van der Waals surface area contributed by atoms with E-state index in [2.05, 4.69) is 0 Å². The van der Waals surface area contributed by atoms with Gasteiger partial charge in [0.15, 0.2) is 0 Å². The van der Waals surface area contributed by atoms with E-state index in [1.807, 2.05) is 0 Å². The van der Waals surface area contributed by atoms with Crippen molar-refractivity contribution in [3.05, 3.63) is 40.6 Å². The van der Waals surface area contributed by atoms with Crippen LogP contribution in [0, 0.1) is 5.82 Å². The van der Waals surface area contributed by atoms with Gasteiger partial charge < -0.3 is 10.2 Å². The summed E-state index contributed by atoms with van der Waals surface area (Å²) in [7, 11) is 0. The first-order valence-electron chi connectivity index (χ1n) is 6.27. The Morgan fingerprint density at radius 2 is 2.09 bits per heavy atom. The van der Waals surface area contributed by atoms with E-state index in [0.29, 0.717) is 5.56 Å². The van der Waals surface area contributed by atoms with E-state index >= 15 is 0 Å². The Kier molecular flexibility index (Phi) is 5.12. The minimum atomic E-state index is -1.58. The lowest BCUT2D eigenvalue weighted by Gasteiger charge is -2.21. The van der Waals surface area contributed by atoms with Crippen molar-refractivity contribution in [1.29, 1.82) is 0 Å². The van der Waals surface area contributed by atoms with Crippen LogP contribution in [0.25, 0.3) is 6.08 Å². The second-order valence-electron chi connectivity index (χ2n) is 4.56. The molecule has 0 aliphatic carbocycles. The van der Waals surface area contributed by atoms with Gasteiger partial charge in [-0.15, -0.1) is 0 Å². The number of nitrogens with zero attached hydrogens (tertiary/aromatic N) is 1. The van der Waals surface area contributed by atoms with E-state index in [-0.39, 0.29) is 9.23 Å². The first-order valence-corrected chi connectivity index (χ1v) is 7.49. The number of carbonyl (C=O) groups excluding carboxylic acids is 1. The molecule has 2 rings (SSSR count). The average molecular weight is 355 g/mol. The second kappa shape index (κ2) is 6.88. The maximum atomic E-state index is 13.2. The molecule has 1 aromatic carbocycles. The molecule has 1 saturated heterocycles. The predicted octanol–water partition coefficient (Wildman–Crippen LogP) is 1.95. The van der Waals surface area contributed by atoms with Crippen LogP contribution in [0.15, 0.2) is 29.2 Å². The zero-order valence-corrected chi connectivity index (χ0v) is 13.1. The smallest absolute Gasteiger partial charge is 0.327 e. The minimum Gasteiger partial charge on any atom is -0.481 e. The van der Waals surface area contributed by atoms with Gasteiger partial charge in [0.2, 0.25) is 0 Å². The Morgan fingerprint density at radius 3 is 2.65 bits per heavy atom. The van der Waals surface area contributed by atoms with Crippen LogP contribution < -0.4 is 0 Å². The molecule has 1 heterocycles. The predicted molar refractivity (Wildman–Crippen MR) is 85.1 cm³/mol. The van der Waals surface area contributed by atoms with Gasteiger partial charge in [0.1, 0.15) is 16.2 Å². The lowest BCUT2D eigenvalue weighted by Crippen LogP contribution is -2.45. The van der Waals surface area contributed by atoms with Crippen molar-refractivity contribution in [3.8, 4) is 0 Å². The minimum absolute atomic E-state index is 0.0497. The highest BCUT2D eigenvalue weighted by atomic mass is 32.2. The number of thioether (sulfide) groups is 1. The van der Waals surface area contributed by atoms with Gasteiger partial charge in [0, 0.05) is 0 Å². The zero-order chi connectivity index (χ0) is 17.1. The van der Waals surface area contributed by atoms with Crippen LogP contribution in [-0.4, -0.2) is 43.3 Å². The summed E-state index contributed by atoms with van der Waals surface area (Å²) in [6.07, 6.45) is 0.608. The van der Waals surface area contributed by atoms with Gasteiger partial charge in [-0.2, -0.15) is 0 Å². The Labute approximate surface area is 139 Å². The number of aliphatic carboxylic acids is 2. The number of carboxylic acid groups (broad SMARTS) is 2. The molecule has 1 aliphatic rings. The number of halogens is 1. The van der Waals surface area contributed by atoms with Gasteiger partial charge in [0.05, 0.1) is 11.3 Å². The van der Waals surface area contributed by atoms with Crippen LogP contribution in [0.2, 0.25) is 0 Å². The van der Waals surface area contributed by atoms with Crippen molar-refractivity contribution in [3.63, 3.8) is 0 Å². The van der Waals surface area contributed by atoms with Crippen LogP contribution in [-0.2, 0) is 14.4 Å². The number of hydrogen-bond acceptors (Lipinski definition) is 5. The van der Waals surface area contributed by atoms with E-state index in [1.165, 1.54) is 24.3 Å². The van der Waals surface area contributed by atoms with Crippen molar-refractivity contribution in [2.45, 2.75) is 12.5 Å². The molecule has 0 radical (unpaired) electrons. The molecule has 23 heavy (non-hydrogen) atoms. The van der Waals surface area contributed by atoms with E-state index < -0.39 is 36.1 Å². The Balaban J connectivity index is 2.32. The fraction of sp³-hybridized carbons (Fsp3) is 0.143. The van der Waals surface area contributed by atoms with E-state index in [9.17, 15) is 18.8 Å². The van der Waals surface area contributed by atoms with Gasteiger partial charge in [-0.3, -0.25) is 14.5 Å². The molecule has 6 nitrogen and oxygen atoms in total. The number of carboxylic acids is 2. The molecular weight excluding hydrogens is 345 g/mol. The highest BCUT2D eigenvalue weighted by Crippen LogP contribution is 2.34. The Hall–Kier alpha value is -2.26. The van der Waals surface area contributed by atoms with Crippen molar-refractivity contribution < 1.29 is 29.0 Å². The summed E-state index contributed by atoms with van der Waals surface area (Å²) in [4.78, 5) is 35.2. The van der Waals surface area contributed by atoms with Crippen LogP contribution in [0.1, 0.15) is 12.0 Å². The van der Waals surface area contributed by atoms with Gasteiger partial charge in [-0.1, -0.05) is 36.1 Å². The standard InChI is InChI=1S/C14H10FNO5S2/c15-8-3-1-2-7(4-8)5-10-12(19)16(14(22)23-10)9(13(20)21)6-11(17)18/h1-5,9H,6H2,(H,17,18)(H,20,21)/b10-5+/t9-/m0/s1. The van der Waals surface area contributed by atoms with Crippen molar-refractivity contribution in [2.75, 3.05) is 0 Å². The number of carbonyl (C=O) groups is 3. The Bertz CT molecular complexity index is 734. The fourth-order valence-electron chi connectivity index (χ4n) is 1.95. The maximum Gasteiger partial charge on any atom is 0.327 e. The Morgan fingerprint density at radius 1 is 1.39 bits per heavy atom. The molecule has 2 N–H and O–H groups in total. The maximum absolute atomic E-state index is 13.2. The van der Waals surface area contributed by atoms with E-state index in [0.717, 1.165) is 16.7 Å². The fourth-order valence-corrected chi connectivity index (χ4v) is 3.31. The van der Waals surface area contributed by atoms with Crippen LogP contribution in [0.4, 0.5) is 4.39 Å². The van der Waals surface area contributed by atoms with E-state index in [4.69, 9.17) is 22.4 Å². The third-order valence-electron chi connectivity index (χ3n) is 2.93. The van der Waals surface area contributed by atoms with Crippen molar-refractivity contribution >= 4 is 52.2 Å². The molecule has 1 amide bonds. The molecule has 1 aromatic rings. The summed E-state index contributed by atoms with van der Waals surface area (Å²) in [5, 5.41) is 17.9. The summed E-state index contributed by atoms with van der Waals surface area (Å²) >= 11 is 5.83. The van der Waals surface area contributed by atoms with Gasteiger partial charge in [-0.25, -0.2) is 9.18 Å².